The maximum atomic E-state index is 11.4. The standard InChI is InChI=1S/C32H38N4O4/c1-32(2,36-18-23-16-21(12-14-29(34)38)25-8-4-6-10-27(25)31(23)40)19-35-17-22-15-20(11-13-28(33)37)24-7-3-5-9-26(24)30(22)39/h3-10,15-16,35-36,39-40H,11-14,17-19H2,1-2H3,(H2,33,37)(H2,34,38). The summed E-state index contributed by atoms with van der Waals surface area (Å²) in [5.74, 6) is -0.274. The monoisotopic (exact) mass is 542 g/mol. The van der Waals surface area contributed by atoms with E-state index >= 15 is 0 Å². The summed E-state index contributed by atoms with van der Waals surface area (Å²) in [6.07, 6.45) is 1.49. The van der Waals surface area contributed by atoms with Gasteiger partial charge in [-0.3, -0.25) is 9.59 Å². The van der Waals surface area contributed by atoms with Gasteiger partial charge in [-0.15, -0.1) is 0 Å². The van der Waals surface area contributed by atoms with E-state index in [1.165, 1.54) is 0 Å². The Hall–Kier alpha value is -4.14. The van der Waals surface area contributed by atoms with Gasteiger partial charge in [0.05, 0.1) is 0 Å². The number of phenols is 2. The molecule has 4 aromatic rings. The number of primary amides is 2. The van der Waals surface area contributed by atoms with Crippen LogP contribution in [0.2, 0.25) is 0 Å². The molecule has 0 bridgehead atoms. The molecule has 8 heteroatoms. The van der Waals surface area contributed by atoms with Crippen LogP contribution in [-0.4, -0.2) is 34.1 Å². The van der Waals surface area contributed by atoms with Crippen LogP contribution in [0.25, 0.3) is 21.5 Å². The average molecular weight is 543 g/mol. The van der Waals surface area contributed by atoms with E-state index < -0.39 is 0 Å². The predicted octanol–water partition coefficient (Wildman–Crippen LogP) is 3.90. The molecule has 0 saturated heterocycles. The number of aryl methyl sites for hydroxylation is 2. The van der Waals surface area contributed by atoms with Crippen molar-refractivity contribution in [3.05, 3.63) is 82.9 Å². The lowest BCUT2D eigenvalue weighted by Crippen LogP contribution is -2.47. The minimum absolute atomic E-state index is 0.222. The molecule has 0 fully saturated rings. The summed E-state index contributed by atoms with van der Waals surface area (Å²) in [5.41, 5.74) is 13.9. The minimum atomic E-state index is -0.360. The first-order valence-electron chi connectivity index (χ1n) is 13.5. The Morgan fingerprint density at radius 1 is 0.700 bits per heavy atom. The Kier molecular flexibility index (Phi) is 8.92. The maximum absolute atomic E-state index is 11.4. The number of nitrogens with one attached hydrogen (secondary N) is 2. The minimum Gasteiger partial charge on any atom is -0.507 e. The molecule has 0 aromatic heterocycles. The molecule has 0 radical (unpaired) electrons. The molecule has 8 nitrogen and oxygen atoms in total. The highest BCUT2D eigenvalue weighted by Gasteiger charge is 2.20. The molecule has 4 rings (SSSR count). The van der Waals surface area contributed by atoms with Gasteiger partial charge in [-0.1, -0.05) is 60.7 Å². The van der Waals surface area contributed by atoms with Crippen LogP contribution in [0, 0.1) is 0 Å². The Bertz CT molecular complexity index is 1550. The van der Waals surface area contributed by atoms with Crippen molar-refractivity contribution in [1.29, 1.82) is 0 Å². The van der Waals surface area contributed by atoms with Crippen molar-refractivity contribution >= 4 is 33.4 Å². The summed E-state index contributed by atoms with van der Waals surface area (Å²) in [4.78, 5) is 22.8. The van der Waals surface area contributed by atoms with Crippen molar-refractivity contribution in [3.63, 3.8) is 0 Å². The number of amides is 2. The topological polar surface area (TPSA) is 151 Å². The van der Waals surface area contributed by atoms with Gasteiger partial charge in [-0.25, -0.2) is 0 Å². The number of aromatic hydroxyl groups is 2. The number of rotatable bonds is 13. The van der Waals surface area contributed by atoms with Gasteiger partial charge >= 0.3 is 0 Å². The van der Waals surface area contributed by atoms with E-state index in [1.807, 2.05) is 60.7 Å². The molecule has 0 unspecified atom stereocenters. The number of fused-ring (bicyclic) bond motifs is 2. The van der Waals surface area contributed by atoms with Crippen LogP contribution in [-0.2, 0) is 35.5 Å². The highest BCUT2D eigenvalue weighted by molar-refractivity contribution is 5.93. The Morgan fingerprint density at radius 3 is 1.57 bits per heavy atom. The molecule has 8 N–H and O–H groups in total. The lowest BCUT2D eigenvalue weighted by atomic mass is 9.95. The summed E-state index contributed by atoms with van der Waals surface area (Å²) in [6.45, 7) is 5.56. The zero-order valence-corrected chi connectivity index (χ0v) is 23.1. The predicted molar refractivity (Wildman–Crippen MR) is 159 cm³/mol. The van der Waals surface area contributed by atoms with Crippen LogP contribution in [0.4, 0.5) is 0 Å². The smallest absolute Gasteiger partial charge is 0.217 e. The first-order chi connectivity index (χ1) is 19.1. The van der Waals surface area contributed by atoms with Crippen LogP contribution >= 0.6 is 0 Å². The van der Waals surface area contributed by atoms with Crippen LogP contribution in [0.5, 0.6) is 11.5 Å². The molecule has 40 heavy (non-hydrogen) atoms. The lowest BCUT2D eigenvalue weighted by Gasteiger charge is -2.28. The molecule has 4 aromatic carbocycles. The van der Waals surface area contributed by atoms with Crippen LogP contribution in [0.15, 0.2) is 60.7 Å². The number of nitrogens with two attached hydrogens (primary N) is 2. The molecule has 0 saturated carbocycles. The van der Waals surface area contributed by atoms with Gasteiger partial charge in [0.15, 0.2) is 0 Å². The normalized spacial score (nSPS) is 11.8. The van der Waals surface area contributed by atoms with E-state index in [1.54, 1.807) is 0 Å². The molecule has 0 atom stereocenters. The molecular formula is C32H38N4O4. The zero-order chi connectivity index (χ0) is 28.9. The fraction of sp³-hybridized carbons (Fsp3) is 0.312. The van der Waals surface area contributed by atoms with Gasteiger partial charge in [0.25, 0.3) is 0 Å². The quantitative estimate of drug-likeness (QED) is 0.151. The third-order valence-electron chi connectivity index (χ3n) is 7.28. The zero-order valence-electron chi connectivity index (χ0n) is 23.1. The highest BCUT2D eigenvalue weighted by atomic mass is 16.3. The second-order valence-electron chi connectivity index (χ2n) is 11.0. The molecule has 0 aliphatic rings. The summed E-state index contributed by atoms with van der Waals surface area (Å²) in [5, 5.41) is 32.2. The third kappa shape index (κ3) is 6.89. The van der Waals surface area contributed by atoms with Crippen LogP contribution in [0.1, 0.15) is 48.9 Å². The van der Waals surface area contributed by atoms with Crippen LogP contribution in [0.3, 0.4) is 0 Å². The van der Waals surface area contributed by atoms with Gasteiger partial charge in [0, 0.05) is 59.9 Å². The second-order valence-corrected chi connectivity index (χ2v) is 11.0. The van der Waals surface area contributed by atoms with Gasteiger partial charge in [-0.2, -0.15) is 0 Å². The van der Waals surface area contributed by atoms with E-state index in [0.717, 1.165) is 43.8 Å². The van der Waals surface area contributed by atoms with Gasteiger partial charge in [0.1, 0.15) is 11.5 Å². The van der Waals surface area contributed by atoms with Crippen molar-refractivity contribution < 1.29 is 19.8 Å². The largest absolute Gasteiger partial charge is 0.507 e. The van der Waals surface area contributed by atoms with Gasteiger partial charge in [0.2, 0.25) is 11.8 Å². The summed E-state index contributed by atoms with van der Waals surface area (Å²) >= 11 is 0. The molecular weight excluding hydrogens is 504 g/mol. The van der Waals surface area contributed by atoms with Crippen molar-refractivity contribution in [2.45, 2.75) is 58.2 Å². The number of carbonyl (C=O) groups excluding carboxylic acids is 2. The van der Waals surface area contributed by atoms with E-state index in [2.05, 4.69) is 24.5 Å². The summed E-state index contributed by atoms with van der Waals surface area (Å²) in [6, 6.07) is 19.1. The van der Waals surface area contributed by atoms with E-state index in [-0.39, 0.29) is 41.7 Å². The van der Waals surface area contributed by atoms with E-state index in [0.29, 0.717) is 32.5 Å². The molecule has 0 heterocycles. The molecule has 210 valence electrons. The molecule has 0 aliphatic carbocycles. The molecule has 0 spiro atoms. The van der Waals surface area contributed by atoms with Gasteiger partial charge < -0.3 is 32.3 Å². The first-order valence-corrected chi connectivity index (χ1v) is 13.5. The lowest BCUT2D eigenvalue weighted by molar-refractivity contribution is -0.118. The maximum Gasteiger partial charge on any atom is 0.217 e. The SMILES string of the molecule is CC(C)(CNCc1cc(CCC(N)=O)c2ccccc2c1O)NCc1cc(CCC(N)=O)c2ccccc2c1O. The Balaban J connectivity index is 1.46. The van der Waals surface area contributed by atoms with Gasteiger partial charge in [-0.05, 0) is 48.6 Å². The first kappa shape index (κ1) is 28.9. The number of phenolic OH excluding ortho intramolecular Hbond substituents is 2. The average Bonchev–Trinajstić information content (AvgIpc) is 2.92. The fourth-order valence-corrected chi connectivity index (χ4v) is 5.10. The molecule has 0 aliphatic heterocycles. The number of hydrogen-bond donors (Lipinski definition) is 6. The van der Waals surface area contributed by atoms with Crippen LogP contribution < -0.4 is 22.1 Å². The summed E-state index contributed by atoms with van der Waals surface area (Å²) in [7, 11) is 0. The number of carbonyl (C=O) groups is 2. The van der Waals surface area contributed by atoms with E-state index in [9.17, 15) is 19.8 Å². The fourth-order valence-electron chi connectivity index (χ4n) is 5.10. The highest BCUT2D eigenvalue weighted by Crippen LogP contribution is 2.34. The second kappa shape index (κ2) is 12.4. The summed E-state index contributed by atoms with van der Waals surface area (Å²) < 4.78 is 0. The van der Waals surface area contributed by atoms with Crippen molar-refractivity contribution in [2.24, 2.45) is 11.5 Å². The third-order valence-corrected chi connectivity index (χ3v) is 7.28. The Labute approximate surface area is 234 Å². The molecule has 2 amide bonds. The Morgan fingerprint density at radius 2 is 1.12 bits per heavy atom. The number of benzene rings is 4. The van der Waals surface area contributed by atoms with Crippen molar-refractivity contribution in [2.75, 3.05) is 6.54 Å². The van der Waals surface area contributed by atoms with E-state index in [4.69, 9.17) is 11.5 Å². The van der Waals surface area contributed by atoms with Crippen molar-refractivity contribution in [1.82, 2.24) is 10.6 Å². The number of hydrogen-bond acceptors (Lipinski definition) is 6. The van der Waals surface area contributed by atoms with Crippen molar-refractivity contribution in [3.8, 4) is 11.5 Å².